The van der Waals surface area contributed by atoms with Gasteiger partial charge in [0.25, 0.3) is 5.91 Å². The third-order valence-electron chi connectivity index (χ3n) is 8.44. The Hall–Kier alpha value is -3.74. The van der Waals surface area contributed by atoms with E-state index in [2.05, 4.69) is 49.5 Å². The molecule has 3 fully saturated rings. The molecule has 0 saturated carbocycles. The molecule has 1 amide bonds. The number of aromatic nitrogens is 2. The molecule has 3 aliphatic rings. The second-order valence-corrected chi connectivity index (χ2v) is 13.6. The van der Waals surface area contributed by atoms with Gasteiger partial charge in [-0.2, -0.15) is 0 Å². The molecule has 4 heterocycles. The highest BCUT2D eigenvalue weighted by Crippen LogP contribution is 2.31. The number of anilines is 4. The van der Waals surface area contributed by atoms with Gasteiger partial charge in [0.2, 0.25) is 0 Å². The van der Waals surface area contributed by atoms with E-state index < -0.39 is 15.7 Å². The Balaban J connectivity index is 1.18. The number of rotatable bonds is 8. The number of hydrogen-bond donors (Lipinski definition) is 3. The molecule has 3 aliphatic heterocycles. The SMILES string of the molecule is CN1CCN(C2CCN(c3ccc(Nc4nc(NC5CS(=O)(=O)C5)c(-c5ccccc5)nc4C(N)=O)cc3)CC2)CC1. The minimum atomic E-state index is -3.04. The van der Waals surface area contributed by atoms with E-state index in [-0.39, 0.29) is 29.1 Å². The number of benzene rings is 2. The minimum absolute atomic E-state index is 0.00990. The van der Waals surface area contributed by atoms with Crippen molar-refractivity contribution < 1.29 is 13.2 Å². The van der Waals surface area contributed by atoms with Gasteiger partial charge in [-0.3, -0.25) is 9.69 Å². The monoisotopic (exact) mass is 590 g/mol. The minimum Gasteiger partial charge on any atom is -0.371 e. The lowest BCUT2D eigenvalue weighted by Crippen LogP contribution is -2.52. The second-order valence-electron chi connectivity index (χ2n) is 11.5. The fraction of sp³-hybridized carbons (Fsp3) is 0.433. The van der Waals surface area contributed by atoms with Crippen molar-refractivity contribution in [2.75, 3.05) is 73.4 Å². The van der Waals surface area contributed by atoms with Crippen molar-refractivity contribution in [1.82, 2.24) is 19.8 Å². The van der Waals surface area contributed by atoms with E-state index in [1.54, 1.807) is 0 Å². The molecule has 1 aromatic heterocycles. The molecule has 0 spiro atoms. The van der Waals surface area contributed by atoms with Crippen LogP contribution >= 0.6 is 0 Å². The van der Waals surface area contributed by atoms with Crippen molar-refractivity contribution in [3.8, 4) is 11.3 Å². The maximum absolute atomic E-state index is 12.5. The summed E-state index contributed by atoms with van der Waals surface area (Å²) >= 11 is 0. The van der Waals surface area contributed by atoms with E-state index in [1.165, 1.54) is 0 Å². The third-order valence-corrected chi connectivity index (χ3v) is 10.3. The van der Waals surface area contributed by atoms with Crippen LogP contribution in [-0.2, 0) is 9.84 Å². The van der Waals surface area contributed by atoms with Gasteiger partial charge in [0.05, 0.1) is 17.5 Å². The summed E-state index contributed by atoms with van der Waals surface area (Å²) in [6, 6.07) is 17.8. The number of nitrogens with zero attached hydrogens (tertiary/aromatic N) is 5. The summed E-state index contributed by atoms with van der Waals surface area (Å²) in [6.45, 7) is 6.64. The number of carbonyl (C=O) groups is 1. The highest BCUT2D eigenvalue weighted by Gasteiger charge is 2.34. The topological polar surface area (TPSA) is 137 Å². The van der Waals surface area contributed by atoms with Gasteiger partial charge in [0, 0.05) is 62.2 Å². The number of piperidine rings is 1. The number of amides is 1. The number of piperazine rings is 1. The molecule has 6 rings (SSSR count). The molecular weight excluding hydrogens is 552 g/mol. The molecule has 2 aromatic carbocycles. The van der Waals surface area contributed by atoms with E-state index in [9.17, 15) is 13.2 Å². The molecule has 11 nitrogen and oxygen atoms in total. The Bertz CT molecular complexity index is 1510. The summed E-state index contributed by atoms with van der Waals surface area (Å²) in [6.07, 6.45) is 2.32. The predicted octanol–water partition coefficient (Wildman–Crippen LogP) is 2.41. The Kier molecular flexibility index (Phi) is 8.02. The predicted molar refractivity (Wildman–Crippen MR) is 166 cm³/mol. The van der Waals surface area contributed by atoms with Crippen molar-refractivity contribution >= 4 is 38.8 Å². The first-order valence-corrected chi connectivity index (χ1v) is 16.3. The summed E-state index contributed by atoms with van der Waals surface area (Å²) in [5, 5.41) is 6.44. The van der Waals surface area contributed by atoms with Gasteiger partial charge in [-0.15, -0.1) is 0 Å². The van der Waals surface area contributed by atoms with Gasteiger partial charge in [0.1, 0.15) is 5.69 Å². The molecule has 0 radical (unpaired) electrons. The molecule has 0 aliphatic carbocycles. The highest BCUT2D eigenvalue weighted by atomic mass is 32.2. The van der Waals surface area contributed by atoms with E-state index >= 15 is 0 Å². The van der Waals surface area contributed by atoms with Crippen LogP contribution in [0.5, 0.6) is 0 Å². The van der Waals surface area contributed by atoms with Gasteiger partial charge in [-0.1, -0.05) is 30.3 Å². The first-order chi connectivity index (χ1) is 20.2. The zero-order valence-corrected chi connectivity index (χ0v) is 24.7. The Morgan fingerprint density at radius 1 is 0.881 bits per heavy atom. The zero-order valence-electron chi connectivity index (χ0n) is 23.9. The molecule has 42 heavy (non-hydrogen) atoms. The van der Waals surface area contributed by atoms with Gasteiger partial charge < -0.3 is 26.2 Å². The average Bonchev–Trinajstić information content (AvgIpc) is 2.98. The maximum atomic E-state index is 12.5. The number of likely N-dealkylation sites (N-methyl/N-ethyl adjacent to an activating group) is 1. The second kappa shape index (κ2) is 11.9. The lowest BCUT2D eigenvalue weighted by Gasteiger charge is -2.42. The lowest BCUT2D eigenvalue weighted by atomic mass is 10.0. The number of sulfone groups is 1. The van der Waals surface area contributed by atoms with Gasteiger partial charge in [-0.05, 0) is 44.2 Å². The first-order valence-electron chi connectivity index (χ1n) is 14.5. The maximum Gasteiger partial charge on any atom is 0.271 e. The number of hydrogen-bond acceptors (Lipinski definition) is 10. The average molecular weight is 591 g/mol. The van der Waals surface area contributed by atoms with Crippen LogP contribution in [0.25, 0.3) is 11.3 Å². The van der Waals surface area contributed by atoms with E-state index in [0.29, 0.717) is 17.6 Å². The summed E-state index contributed by atoms with van der Waals surface area (Å²) < 4.78 is 23.6. The normalized spacial score (nSPS) is 20.2. The van der Waals surface area contributed by atoms with Crippen molar-refractivity contribution in [3.63, 3.8) is 0 Å². The van der Waals surface area contributed by atoms with Gasteiger partial charge >= 0.3 is 0 Å². The summed E-state index contributed by atoms with van der Waals surface area (Å²) in [7, 11) is -0.848. The van der Waals surface area contributed by atoms with Crippen LogP contribution in [0.3, 0.4) is 0 Å². The Morgan fingerprint density at radius 3 is 2.17 bits per heavy atom. The molecule has 4 N–H and O–H groups in total. The molecule has 0 unspecified atom stereocenters. The molecule has 222 valence electrons. The largest absolute Gasteiger partial charge is 0.371 e. The summed E-state index contributed by atoms with van der Waals surface area (Å²) in [4.78, 5) is 29.2. The van der Waals surface area contributed by atoms with E-state index in [0.717, 1.165) is 69.0 Å². The molecule has 0 bridgehead atoms. The standard InChI is InChI=1S/C30H38N8O3S/c1-36-15-17-38(18-16-36)25-11-13-37(14-12-25)24-9-7-22(8-10-24)32-30-27(28(31)39)34-26(21-5-3-2-4-6-21)29(35-30)33-23-19-42(40,41)20-23/h2-10,23,25H,11-20H2,1H3,(H2,31,39)(H2,32,33,35). The van der Waals surface area contributed by atoms with Crippen LogP contribution in [0.4, 0.5) is 23.0 Å². The smallest absolute Gasteiger partial charge is 0.271 e. The fourth-order valence-corrected chi connectivity index (χ4v) is 7.30. The van der Waals surface area contributed by atoms with E-state index in [4.69, 9.17) is 10.7 Å². The molecular formula is C30H38N8O3S. The van der Waals surface area contributed by atoms with Crippen LogP contribution in [0, 0.1) is 0 Å². The van der Waals surface area contributed by atoms with Crippen LogP contribution in [0.2, 0.25) is 0 Å². The number of nitrogens with one attached hydrogen (secondary N) is 2. The summed E-state index contributed by atoms with van der Waals surface area (Å²) in [5.41, 5.74) is 8.83. The van der Waals surface area contributed by atoms with Gasteiger partial charge in [0.15, 0.2) is 27.2 Å². The molecule has 12 heteroatoms. The molecule has 3 saturated heterocycles. The van der Waals surface area contributed by atoms with E-state index in [1.807, 2.05) is 42.5 Å². The number of primary amides is 1. The van der Waals surface area contributed by atoms with Crippen molar-refractivity contribution in [1.29, 1.82) is 0 Å². The van der Waals surface area contributed by atoms with Gasteiger partial charge in [-0.25, -0.2) is 18.4 Å². The van der Waals surface area contributed by atoms with Crippen LogP contribution < -0.4 is 21.3 Å². The highest BCUT2D eigenvalue weighted by molar-refractivity contribution is 7.92. The molecule has 3 aromatic rings. The van der Waals surface area contributed by atoms with Crippen LogP contribution in [0.1, 0.15) is 23.3 Å². The summed E-state index contributed by atoms with van der Waals surface area (Å²) in [5.74, 6) is -0.0462. The number of carbonyl (C=O) groups excluding carboxylic acids is 1. The Morgan fingerprint density at radius 2 is 1.55 bits per heavy atom. The zero-order chi connectivity index (χ0) is 29.3. The molecule has 0 atom stereocenters. The Labute approximate surface area is 247 Å². The van der Waals surface area contributed by atoms with Crippen LogP contribution in [0.15, 0.2) is 54.6 Å². The van der Waals surface area contributed by atoms with Crippen molar-refractivity contribution in [3.05, 3.63) is 60.3 Å². The lowest BCUT2D eigenvalue weighted by molar-refractivity contribution is 0.0982. The number of nitrogens with two attached hydrogens (primary N) is 1. The van der Waals surface area contributed by atoms with Crippen molar-refractivity contribution in [2.45, 2.75) is 24.9 Å². The first kappa shape index (κ1) is 28.4. The quantitative estimate of drug-likeness (QED) is 0.359. The third kappa shape index (κ3) is 6.35. The fourth-order valence-electron chi connectivity index (χ4n) is 6.00. The van der Waals surface area contributed by atoms with Crippen molar-refractivity contribution in [2.24, 2.45) is 5.73 Å². The van der Waals surface area contributed by atoms with Crippen LogP contribution in [-0.4, -0.2) is 104 Å².